The Morgan fingerprint density at radius 2 is 1.87 bits per heavy atom. The van der Waals surface area contributed by atoms with Crippen molar-refractivity contribution in [1.82, 2.24) is 14.8 Å². The highest BCUT2D eigenvalue weighted by Crippen LogP contribution is 2.28. The first kappa shape index (κ1) is 13.7. The smallest absolute Gasteiger partial charge is 0.158 e. The van der Waals surface area contributed by atoms with E-state index < -0.39 is 0 Å². The number of fused-ring (bicyclic) bond motifs is 1. The normalized spacial score (nSPS) is 11.2. The van der Waals surface area contributed by atoms with Crippen molar-refractivity contribution in [2.24, 2.45) is 0 Å². The van der Waals surface area contributed by atoms with Crippen molar-refractivity contribution in [3.05, 3.63) is 72.1 Å². The number of benzene rings is 1. The van der Waals surface area contributed by atoms with Crippen LogP contribution in [0.1, 0.15) is 11.3 Å². The van der Waals surface area contributed by atoms with Crippen LogP contribution in [-0.4, -0.2) is 19.9 Å². The van der Waals surface area contributed by atoms with Crippen LogP contribution >= 0.6 is 0 Å². The summed E-state index contributed by atoms with van der Waals surface area (Å²) in [6.07, 6.45) is 1.76. The van der Waals surface area contributed by atoms with Crippen molar-refractivity contribution < 1.29 is 9.52 Å². The van der Waals surface area contributed by atoms with E-state index in [9.17, 15) is 5.11 Å². The molecular weight excluding hydrogens is 290 g/mol. The molecule has 0 radical (unpaired) electrons. The molecule has 0 saturated carbocycles. The van der Waals surface area contributed by atoms with Gasteiger partial charge in [0.15, 0.2) is 11.4 Å². The predicted molar refractivity (Wildman–Crippen MR) is 86.7 cm³/mol. The van der Waals surface area contributed by atoms with Crippen LogP contribution in [-0.2, 0) is 13.2 Å². The Balaban J connectivity index is 1.83. The van der Waals surface area contributed by atoms with E-state index in [1.807, 2.05) is 41.1 Å². The lowest BCUT2D eigenvalue weighted by Gasteiger charge is -2.02. The number of aliphatic hydroxyl groups is 1. The standard InChI is InChI=1S/C18H15N3O2/c22-12-14-8-9-16(23-14)17-15-7-4-10-19-18(15)21(20-17)11-13-5-2-1-3-6-13/h1-10,22H,11-12H2. The van der Waals surface area contributed by atoms with E-state index in [-0.39, 0.29) is 6.61 Å². The summed E-state index contributed by atoms with van der Waals surface area (Å²) in [5, 5.41) is 14.8. The zero-order chi connectivity index (χ0) is 15.6. The number of furan rings is 1. The topological polar surface area (TPSA) is 64.1 Å². The summed E-state index contributed by atoms with van der Waals surface area (Å²) in [5.74, 6) is 1.16. The van der Waals surface area contributed by atoms with Gasteiger partial charge < -0.3 is 9.52 Å². The zero-order valence-corrected chi connectivity index (χ0v) is 12.4. The number of pyridine rings is 1. The Bertz CT molecular complexity index is 941. The minimum atomic E-state index is -0.124. The van der Waals surface area contributed by atoms with Crippen LogP contribution in [0.4, 0.5) is 0 Å². The van der Waals surface area contributed by atoms with E-state index >= 15 is 0 Å². The minimum absolute atomic E-state index is 0.124. The van der Waals surface area contributed by atoms with Crippen LogP contribution in [0.15, 0.2) is 65.2 Å². The third kappa shape index (κ3) is 2.51. The van der Waals surface area contributed by atoms with Crippen LogP contribution in [0.2, 0.25) is 0 Å². The molecule has 0 aliphatic carbocycles. The number of hydrogen-bond acceptors (Lipinski definition) is 4. The summed E-state index contributed by atoms with van der Waals surface area (Å²) >= 11 is 0. The van der Waals surface area contributed by atoms with Gasteiger partial charge in [-0.2, -0.15) is 5.10 Å². The SMILES string of the molecule is OCc1ccc(-c2nn(Cc3ccccc3)c3ncccc23)o1. The zero-order valence-electron chi connectivity index (χ0n) is 12.4. The molecule has 23 heavy (non-hydrogen) atoms. The Hall–Kier alpha value is -2.92. The van der Waals surface area contributed by atoms with Crippen molar-refractivity contribution in [3.63, 3.8) is 0 Å². The Kier molecular flexibility index (Phi) is 3.40. The van der Waals surface area contributed by atoms with Crippen molar-refractivity contribution in [2.45, 2.75) is 13.2 Å². The molecule has 0 bridgehead atoms. The second-order valence-corrected chi connectivity index (χ2v) is 5.29. The van der Waals surface area contributed by atoms with E-state index in [0.29, 0.717) is 18.1 Å². The van der Waals surface area contributed by atoms with Crippen LogP contribution in [0.25, 0.3) is 22.5 Å². The quantitative estimate of drug-likeness (QED) is 0.628. The van der Waals surface area contributed by atoms with Gasteiger partial charge in [0, 0.05) is 6.20 Å². The molecule has 0 aliphatic rings. The molecule has 4 rings (SSSR count). The third-order valence-electron chi connectivity index (χ3n) is 3.73. The lowest BCUT2D eigenvalue weighted by molar-refractivity contribution is 0.248. The first-order chi connectivity index (χ1) is 11.3. The second kappa shape index (κ2) is 5.70. The largest absolute Gasteiger partial charge is 0.457 e. The summed E-state index contributed by atoms with van der Waals surface area (Å²) < 4.78 is 7.51. The molecule has 0 unspecified atom stereocenters. The fraction of sp³-hybridized carbons (Fsp3) is 0.111. The van der Waals surface area contributed by atoms with Crippen molar-refractivity contribution in [3.8, 4) is 11.5 Å². The fourth-order valence-corrected chi connectivity index (χ4v) is 2.65. The number of nitrogens with zero attached hydrogens (tertiary/aromatic N) is 3. The monoisotopic (exact) mass is 305 g/mol. The highest BCUT2D eigenvalue weighted by atomic mass is 16.4. The number of aliphatic hydroxyl groups excluding tert-OH is 1. The molecular formula is C18H15N3O2. The number of rotatable bonds is 4. The van der Waals surface area contributed by atoms with E-state index in [2.05, 4.69) is 22.2 Å². The first-order valence-electron chi connectivity index (χ1n) is 7.40. The Morgan fingerprint density at radius 1 is 1.00 bits per heavy atom. The van der Waals surface area contributed by atoms with E-state index in [1.165, 1.54) is 0 Å². The lowest BCUT2D eigenvalue weighted by Crippen LogP contribution is -2.02. The summed E-state index contributed by atoms with van der Waals surface area (Å²) in [5.41, 5.74) is 2.71. The van der Waals surface area contributed by atoms with Gasteiger partial charge in [-0.3, -0.25) is 0 Å². The predicted octanol–water partition coefficient (Wildman–Crippen LogP) is 3.23. The third-order valence-corrected chi connectivity index (χ3v) is 3.73. The highest BCUT2D eigenvalue weighted by Gasteiger charge is 2.16. The molecule has 4 aromatic rings. The summed E-state index contributed by atoms with van der Waals surface area (Å²) in [6, 6.07) is 17.6. The van der Waals surface area contributed by atoms with Gasteiger partial charge in [0.25, 0.3) is 0 Å². The van der Waals surface area contributed by atoms with Crippen LogP contribution in [0.3, 0.4) is 0 Å². The molecule has 1 aromatic carbocycles. The van der Waals surface area contributed by atoms with Gasteiger partial charge in [-0.25, -0.2) is 9.67 Å². The molecule has 0 fully saturated rings. The molecule has 0 amide bonds. The highest BCUT2D eigenvalue weighted by molar-refractivity contribution is 5.89. The lowest BCUT2D eigenvalue weighted by atomic mass is 10.2. The molecule has 0 saturated heterocycles. The average Bonchev–Trinajstić information content (AvgIpc) is 3.21. The summed E-state index contributed by atoms with van der Waals surface area (Å²) in [4.78, 5) is 4.46. The molecule has 1 N–H and O–H groups in total. The average molecular weight is 305 g/mol. The van der Waals surface area contributed by atoms with Crippen molar-refractivity contribution >= 4 is 11.0 Å². The first-order valence-corrected chi connectivity index (χ1v) is 7.40. The number of aromatic nitrogens is 3. The maximum absolute atomic E-state index is 9.18. The van der Waals surface area contributed by atoms with Gasteiger partial charge in [-0.05, 0) is 29.8 Å². The molecule has 0 atom stereocenters. The van der Waals surface area contributed by atoms with Crippen molar-refractivity contribution in [1.29, 1.82) is 0 Å². The minimum Gasteiger partial charge on any atom is -0.457 e. The second-order valence-electron chi connectivity index (χ2n) is 5.29. The summed E-state index contributed by atoms with van der Waals surface area (Å²) in [7, 11) is 0. The summed E-state index contributed by atoms with van der Waals surface area (Å²) in [6.45, 7) is 0.517. The van der Waals surface area contributed by atoms with Gasteiger partial charge in [0.2, 0.25) is 0 Å². The number of hydrogen-bond donors (Lipinski definition) is 1. The molecule has 5 heteroatoms. The van der Waals surface area contributed by atoms with Gasteiger partial charge >= 0.3 is 0 Å². The maximum Gasteiger partial charge on any atom is 0.158 e. The van der Waals surface area contributed by atoms with E-state index in [1.54, 1.807) is 12.3 Å². The molecule has 3 aromatic heterocycles. The van der Waals surface area contributed by atoms with Crippen LogP contribution < -0.4 is 0 Å². The van der Waals surface area contributed by atoms with Crippen molar-refractivity contribution in [2.75, 3.05) is 0 Å². The molecule has 0 spiro atoms. The Labute approximate surface area is 132 Å². The van der Waals surface area contributed by atoms with Gasteiger partial charge in [-0.15, -0.1) is 0 Å². The maximum atomic E-state index is 9.18. The van der Waals surface area contributed by atoms with Gasteiger partial charge in [-0.1, -0.05) is 30.3 Å². The van der Waals surface area contributed by atoms with Gasteiger partial charge in [0.1, 0.15) is 18.1 Å². The van der Waals surface area contributed by atoms with Crippen LogP contribution in [0, 0.1) is 0 Å². The Morgan fingerprint density at radius 3 is 2.65 bits per heavy atom. The van der Waals surface area contributed by atoms with E-state index in [4.69, 9.17) is 4.42 Å². The fourth-order valence-electron chi connectivity index (χ4n) is 2.65. The van der Waals surface area contributed by atoms with Gasteiger partial charge in [0.05, 0.1) is 11.9 Å². The molecule has 0 aliphatic heterocycles. The molecule has 114 valence electrons. The molecule has 5 nitrogen and oxygen atoms in total. The van der Waals surface area contributed by atoms with Crippen LogP contribution in [0.5, 0.6) is 0 Å². The van der Waals surface area contributed by atoms with E-state index in [0.717, 1.165) is 22.3 Å². The molecule has 3 heterocycles.